The van der Waals surface area contributed by atoms with Crippen LogP contribution in [0.1, 0.15) is 31.5 Å². The minimum Gasteiger partial charge on any atom is -0.394 e. The zero-order valence-corrected chi connectivity index (χ0v) is 11.9. The summed E-state index contributed by atoms with van der Waals surface area (Å²) in [6, 6.07) is 8.42. The van der Waals surface area contributed by atoms with Gasteiger partial charge in [0.25, 0.3) is 0 Å². The van der Waals surface area contributed by atoms with E-state index in [4.69, 9.17) is 5.73 Å². The Morgan fingerprint density at radius 3 is 2.47 bits per heavy atom. The van der Waals surface area contributed by atoms with Crippen LogP contribution in [0.5, 0.6) is 0 Å². The maximum absolute atomic E-state index is 6.09. The van der Waals surface area contributed by atoms with Crippen molar-refractivity contribution in [3.8, 4) is 0 Å². The predicted molar refractivity (Wildman–Crippen MR) is 80.8 cm³/mol. The number of nitrogens with zero attached hydrogens (tertiary/aromatic N) is 2. The average molecular weight is 258 g/mol. The van der Waals surface area contributed by atoms with E-state index in [0.717, 1.165) is 42.3 Å². The minimum absolute atomic E-state index is 0.730. The second kappa shape index (κ2) is 5.78. The van der Waals surface area contributed by atoms with Crippen LogP contribution in [0.15, 0.2) is 24.3 Å². The fraction of sp³-hybridized carbons (Fsp3) is 0.400. The Morgan fingerprint density at radius 1 is 1.21 bits per heavy atom. The van der Waals surface area contributed by atoms with Crippen LogP contribution in [-0.4, -0.2) is 9.78 Å². The van der Waals surface area contributed by atoms with E-state index in [1.165, 1.54) is 5.56 Å². The van der Waals surface area contributed by atoms with Crippen LogP contribution in [0.4, 0.5) is 17.2 Å². The third kappa shape index (κ3) is 2.89. The van der Waals surface area contributed by atoms with Crippen molar-refractivity contribution in [1.82, 2.24) is 9.78 Å². The van der Waals surface area contributed by atoms with Crippen LogP contribution >= 0.6 is 0 Å². The second-order valence-corrected chi connectivity index (χ2v) is 4.75. The predicted octanol–water partition coefficient (Wildman–Crippen LogP) is 3.49. The number of aryl methyl sites for hydroxylation is 3. The van der Waals surface area contributed by atoms with Crippen molar-refractivity contribution < 1.29 is 0 Å². The molecule has 0 amide bonds. The molecule has 0 radical (unpaired) electrons. The number of nitrogen functional groups attached to an aromatic ring is 1. The van der Waals surface area contributed by atoms with Gasteiger partial charge in [0.05, 0.1) is 11.4 Å². The summed E-state index contributed by atoms with van der Waals surface area (Å²) in [5.41, 5.74) is 10.1. The van der Waals surface area contributed by atoms with Crippen molar-refractivity contribution in [2.24, 2.45) is 0 Å². The van der Waals surface area contributed by atoms with Crippen LogP contribution in [0, 0.1) is 6.92 Å². The first-order valence-electron chi connectivity index (χ1n) is 6.84. The molecule has 0 spiro atoms. The molecule has 0 bridgehead atoms. The molecule has 3 N–H and O–H groups in total. The normalized spacial score (nSPS) is 10.7. The topological polar surface area (TPSA) is 55.9 Å². The average Bonchev–Trinajstić information content (AvgIpc) is 2.68. The van der Waals surface area contributed by atoms with E-state index in [1.54, 1.807) is 0 Å². The van der Waals surface area contributed by atoms with Crippen molar-refractivity contribution in [2.75, 3.05) is 11.1 Å². The summed E-state index contributed by atoms with van der Waals surface area (Å²) >= 11 is 0. The zero-order chi connectivity index (χ0) is 13.8. The molecule has 0 saturated heterocycles. The highest BCUT2D eigenvalue weighted by Gasteiger charge is 2.11. The lowest BCUT2D eigenvalue weighted by atomic mass is 10.1. The molecule has 0 unspecified atom stereocenters. The first-order valence-corrected chi connectivity index (χ1v) is 6.84. The van der Waals surface area contributed by atoms with Gasteiger partial charge in [0.15, 0.2) is 5.82 Å². The SMILES string of the molecule is CCCn1nc(C)c(N)c1Nc1ccc(CC)cc1. The number of nitrogens with two attached hydrogens (primary N) is 1. The van der Waals surface area contributed by atoms with Gasteiger partial charge in [0.2, 0.25) is 0 Å². The summed E-state index contributed by atoms with van der Waals surface area (Å²) in [5, 5.41) is 7.83. The quantitative estimate of drug-likeness (QED) is 0.863. The van der Waals surface area contributed by atoms with Gasteiger partial charge in [-0.2, -0.15) is 5.10 Å². The first-order chi connectivity index (χ1) is 9.15. The Labute approximate surface area is 114 Å². The molecule has 4 heteroatoms. The number of anilines is 3. The molecule has 0 fully saturated rings. The Hall–Kier alpha value is -1.97. The third-order valence-corrected chi connectivity index (χ3v) is 3.23. The zero-order valence-electron chi connectivity index (χ0n) is 11.9. The molecule has 0 aliphatic heterocycles. The molecular formula is C15H22N4. The van der Waals surface area contributed by atoms with Crippen molar-refractivity contribution in [2.45, 2.75) is 40.2 Å². The highest BCUT2D eigenvalue weighted by molar-refractivity contribution is 5.71. The van der Waals surface area contributed by atoms with E-state index < -0.39 is 0 Å². The van der Waals surface area contributed by atoms with Crippen molar-refractivity contribution in [1.29, 1.82) is 0 Å². The van der Waals surface area contributed by atoms with E-state index in [-0.39, 0.29) is 0 Å². The van der Waals surface area contributed by atoms with E-state index in [2.05, 4.69) is 48.5 Å². The van der Waals surface area contributed by atoms with Crippen LogP contribution in [0.3, 0.4) is 0 Å². The fourth-order valence-electron chi connectivity index (χ4n) is 2.06. The molecule has 1 heterocycles. The van der Waals surface area contributed by atoms with Gasteiger partial charge in [-0.3, -0.25) is 0 Å². The third-order valence-electron chi connectivity index (χ3n) is 3.23. The lowest BCUT2D eigenvalue weighted by Crippen LogP contribution is -2.05. The number of hydrogen-bond donors (Lipinski definition) is 2. The number of benzene rings is 1. The van der Waals surface area contributed by atoms with E-state index in [1.807, 2.05) is 11.6 Å². The lowest BCUT2D eigenvalue weighted by Gasteiger charge is -2.10. The summed E-state index contributed by atoms with van der Waals surface area (Å²) in [4.78, 5) is 0. The lowest BCUT2D eigenvalue weighted by molar-refractivity contribution is 0.605. The maximum Gasteiger partial charge on any atom is 0.152 e. The van der Waals surface area contributed by atoms with E-state index >= 15 is 0 Å². The van der Waals surface area contributed by atoms with E-state index in [0.29, 0.717) is 0 Å². The number of rotatable bonds is 5. The maximum atomic E-state index is 6.09. The highest BCUT2D eigenvalue weighted by atomic mass is 15.3. The Balaban J connectivity index is 2.26. The Bertz CT molecular complexity index is 540. The van der Waals surface area contributed by atoms with Gasteiger partial charge in [-0.15, -0.1) is 0 Å². The molecule has 0 aliphatic carbocycles. The molecule has 2 rings (SSSR count). The summed E-state index contributed by atoms with van der Waals surface area (Å²) in [5.74, 6) is 0.892. The first kappa shape index (κ1) is 13.5. The van der Waals surface area contributed by atoms with Gasteiger partial charge in [-0.1, -0.05) is 26.0 Å². The smallest absolute Gasteiger partial charge is 0.152 e. The Morgan fingerprint density at radius 2 is 1.89 bits per heavy atom. The largest absolute Gasteiger partial charge is 0.394 e. The number of hydrogen-bond acceptors (Lipinski definition) is 3. The number of aromatic nitrogens is 2. The molecule has 1 aromatic carbocycles. The van der Waals surface area contributed by atoms with E-state index in [9.17, 15) is 0 Å². The molecule has 0 saturated carbocycles. The van der Waals surface area contributed by atoms with Crippen molar-refractivity contribution in [3.63, 3.8) is 0 Å². The highest BCUT2D eigenvalue weighted by Crippen LogP contribution is 2.26. The van der Waals surface area contributed by atoms with Crippen LogP contribution in [0.2, 0.25) is 0 Å². The monoisotopic (exact) mass is 258 g/mol. The molecule has 0 atom stereocenters. The number of nitrogens with one attached hydrogen (secondary N) is 1. The fourth-order valence-corrected chi connectivity index (χ4v) is 2.06. The molecule has 19 heavy (non-hydrogen) atoms. The van der Waals surface area contributed by atoms with Crippen LogP contribution < -0.4 is 11.1 Å². The van der Waals surface area contributed by atoms with Gasteiger partial charge in [0.1, 0.15) is 0 Å². The summed E-state index contributed by atoms with van der Waals surface area (Å²) in [6.07, 6.45) is 2.08. The summed E-state index contributed by atoms with van der Waals surface area (Å²) in [6.45, 7) is 7.09. The molecule has 2 aromatic rings. The molecular weight excluding hydrogens is 236 g/mol. The van der Waals surface area contributed by atoms with Gasteiger partial charge in [0, 0.05) is 12.2 Å². The molecule has 1 aromatic heterocycles. The van der Waals surface area contributed by atoms with Gasteiger partial charge < -0.3 is 11.1 Å². The minimum atomic E-state index is 0.730. The molecule has 4 nitrogen and oxygen atoms in total. The van der Waals surface area contributed by atoms with Crippen LogP contribution in [0.25, 0.3) is 0 Å². The van der Waals surface area contributed by atoms with Gasteiger partial charge in [-0.05, 0) is 37.5 Å². The van der Waals surface area contributed by atoms with Crippen molar-refractivity contribution in [3.05, 3.63) is 35.5 Å². The summed E-state index contributed by atoms with van der Waals surface area (Å²) in [7, 11) is 0. The molecule has 102 valence electrons. The molecule has 0 aliphatic rings. The summed E-state index contributed by atoms with van der Waals surface area (Å²) < 4.78 is 1.94. The van der Waals surface area contributed by atoms with Gasteiger partial charge >= 0.3 is 0 Å². The van der Waals surface area contributed by atoms with Crippen molar-refractivity contribution >= 4 is 17.2 Å². The Kier molecular flexibility index (Phi) is 4.10. The van der Waals surface area contributed by atoms with Crippen LogP contribution in [-0.2, 0) is 13.0 Å². The standard InChI is InChI=1S/C15H22N4/c1-4-10-19-15(14(16)11(3)18-19)17-13-8-6-12(5-2)7-9-13/h6-9,17H,4-5,10,16H2,1-3H3. The second-order valence-electron chi connectivity index (χ2n) is 4.75. The van der Waals surface area contributed by atoms with Gasteiger partial charge in [-0.25, -0.2) is 4.68 Å².